The molecular weight excluding hydrogens is 417 g/mol. The zero-order valence-electron chi connectivity index (χ0n) is 15.8. The summed E-state index contributed by atoms with van der Waals surface area (Å²) in [5.74, 6) is 1.65. The van der Waals surface area contributed by atoms with Crippen molar-refractivity contribution in [3.05, 3.63) is 0 Å². The number of halogens is 1. The lowest BCUT2D eigenvalue weighted by Gasteiger charge is -2.41. The molecule has 1 atom stereocenters. The highest BCUT2D eigenvalue weighted by atomic mass is 127. The van der Waals surface area contributed by atoms with Gasteiger partial charge in [-0.25, -0.2) is 0 Å². The van der Waals surface area contributed by atoms with E-state index in [9.17, 15) is 0 Å². The van der Waals surface area contributed by atoms with Gasteiger partial charge in [-0.1, -0.05) is 6.92 Å². The van der Waals surface area contributed by atoms with E-state index in [0.717, 1.165) is 57.8 Å². The molecule has 0 radical (unpaired) electrons. The van der Waals surface area contributed by atoms with E-state index >= 15 is 0 Å². The lowest BCUT2D eigenvalue weighted by molar-refractivity contribution is -0.00834. The van der Waals surface area contributed by atoms with Gasteiger partial charge in [0.05, 0.1) is 13.2 Å². The largest absolute Gasteiger partial charge is 0.379 e. The molecule has 2 saturated heterocycles. The van der Waals surface area contributed by atoms with Crippen molar-refractivity contribution >= 4 is 29.9 Å². The number of morpholine rings is 1. The molecule has 2 N–H and O–H groups in total. The number of hydrogen-bond donors (Lipinski definition) is 2. The Morgan fingerprint density at radius 3 is 2.50 bits per heavy atom. The molecule has 6 nitrogen and oxygen atoms in total. The lowest BCUT2D eigenvalue weighted by atomic mass is 10.0. The molecule has 0 spiro atoms. The van der Waals surface area contributed by atoms with Gasteiger partial charge in [-0.3, -0.25) is 9.89 Å². The topological polar surface area (TPSA) is 52.1 Å². The minimum atomic E-state index is 0. The van der Waals surface area contributed by atoms with Gasteiger partial charge < -0.3 is 20.3 Å². The first kappa shape index (κ1) is 21.9. The number of aliphatic imine (C=N–C) groups is 1. The molecule has 0 aromatic heterocycles. The Bertz CT molecular complexity index is 385. The van der Waals surface area contributed by atoms with Crippen molar-refractivity contribution in [3.63, 3.8) is 0 Å². The van der Waals surface area contributed by atoms with Gasteiger partial charge in [-0.15, -0.1) is 24.0 Å². The van der Waals surface area contributed by atoms with Crippen LogP contribution in [0.2, 0.25) is 0 Å². The quantitative estimate of drug-likeness (QED) is 0.360. The van der Waals surface area contributed by atoms with Crippen LogP contribution < -0.4 is 10.6 Å². The second-order valence-corrected chi connectivity index (χ2v) is 7.27. The fourth-order valence-electron chi connectivity index (χ4n) is 3.41. The van der Waals surface area contributed by atoms with Crippen molar-refractivity contribution in [2.75, 3.05) is 66.1 Å². The Morgan fingerprint density at radius 1 is 1.21 bits per heavy atom. The minimum absolute atomic E-state index is 0. The maximum Gasteiger partial charge on any atom is 0.191 e. The molecule has 2 aliphatic heterocycles. The van der Waals surface area contributed by atoms with Crippen LogP contribution in [0.3, 0.4) is 0 Å². The van der Waals surface area contributed by atoms with Crippen LogP contribution in [0.25, 0.3) is 0 Å². The summed E-state index contributed by atoms with van der Waals surface area (Å²) in [6.45, 7) is 16.0. The Balaban J connectivity index is 0.00000288. The number of nitrogens with zero attached hydrogens (tertiary/aromatic N) is 3. The van der Waals surface area contributed by atoms with Crippen LogP contribution >= 0.6 is 24.0 Å². The summed E-state index contributed by atoms with van der Waals surface area (Å²) < 4.78 is 5.45. The highest BCUT2D eigenvalue weighted by molar-refractivity contribution is 14.0. The van der Waals surface area contributed by atoms with E-state index in [2.05, 4.69) is 46.2 Å². The fraction of sp³-hybridized carbons (Fsp3) is 0.941. The summed E-state index contributed by atoms with van der Waals surface area (Å²) in [4.78, 5) is 9.38. The molecule has 2 aliphatic rings. The van der Waals surface area contributed by atoms with Crippen LogP contribution in [-0.2, 0) is 4.74 Å². The monoisotopic (exact) mass is 453 g/mol. The number of likely N-dealkylation sites (tertiary alicyclic amines) is 1. The average Bonchev–Trinajstić information content (AvgIpc) is 3.04. The molecule has 0 aromatic carbocycles. The third-order valence-corrected chi connectivity index (χ3v) is 5.15. The standard InChI is InChI=1S/C17H35N5O.HI/c1-5-21-7-6-15(13-21)12-19-16(18-4)20-14-17(2,3)22-8-10-23-11-9-22;/h15H,5-14H2,1-4H3,(H2,18,19,20);1H. The van der Waals surface area contributed by atoms with Gasteiger partial charge in [-0.05, 0) is 39.3 Å². The first-order chi connectivity index (χ1) is 11.0. The third kappa shape index (κ3) is 6.65. The maximum absolute atomic E-state index is 5.45. The molecule has 0 saturated carbocycles. The molecule has 24 heavy (non-hydrogen) atoms. The van der Waals surface area contributed by atoms with Crippen molar-refractivity contribution < 1.29 is 4.74 Å². The Labute approximate surface area is 164 Å². The van der Waals surface area contributed by atoms with Gasteiger partial charge in [0.25, 0.3) is 0 Å². The smallest absolute Gasteiger partial charge is 0.191 e. The maximum atomic E-state index is 5.45. The lowest BCUT2D eigenvalue weighted by Crippen LogP contribution is -2.56. The number of ether oxygens (including phenoxy) is 1. The molecule has 2 rings (SSSR count). The van der Waals surface area contributed by atoms with Gasteiger partial charge in [0.15, 0.2) is 5.96 Å². The molecule has 142 valence electrons. The summed E-state index contributed by atoms with van der Waals surface area (Å²) in [6, 6.07) is 0. The van der Waals surface area contributed by atoms with Gasteiger partial charge in [0, 0.05) is 45.3 Å². The predicted octanol–water partition coefficient (Wildman–Crippen LogP) is 1.22. The van der Waals surface area contributed by atoms with Crippen LogP contribution in [0.1, 0.15) is 27.2 Å². The molecule has 2 heterocycles. The predicted molar refractivity (Wildman–Crippen MR) is 111 cm³/mol. The highest BCUT2D eigenvalue weighted by Crippen LogP contribution is 2.16. The molecule has 1 unspecified atom stereocenters. The molecule has 0 aliphatic carbocycles. The zero-order chi connectivity index (χ0) is 16.7. The molecule has 0 bridgehead atoms. The van der Waals surface area contributed by atoms with E-state index in [-0.39, 0.29) is 29.5 Å². The molecule has 7 heteroatoms. The highest BCUT2D eigenvalue weighted by Gasteiger charge is 2.28. The number of hydrogen-bond acceptors (Lipinski definition) is 4. The van der Waals surface area contributed by atoms with Crippen molar-refractivity contribution in [2.45, 2.75) is 32.7 Å². The Kier molecular flexibility index (Phi) is 9.84. The fourth-order valence-corrected chi connectivity index (χ4v) is 3.41. The van der Waals surface area contributed by atoms with Crippen molar-refractivity contribution in [2.24, 2.45) is 10.9 Å². The first-order valence-corrected chi connectivity index (χ1v) is 9.05. The van der Waals surface area contributed by atoms with Gasteiger partial charge in [-0.2, -0.15) is 0 Å². The van der Waals surface area contributed by atoms with Gasteiger partial charge in [0.2, 0.25) is 0 Å². The second-order valence-electron chi connectivity index (χ2n) is 7.27. The van der Waals surface area contributed by atoms with Crippen LogP contribution in [0, 0.1) is 5.92 Å². The Hall–Kier alpha value is -0.120. The van der Waals surface area contributed by atoms with E-state index in [0.29, 0.717) is 0 Å². The SMILES string of the molecule is CCN1CCC(CNC(=NC)NCC(C)(C)N2CCOCC2)C1.I. The van der Waals surface area contributed by atoms with E-state index in [1.807, 2.05) is 7.05 Å². The summed E-state index contributed by atoms with van der Waals surface area (Å²) in [6.07, 6.45) is 1.29. The summed E-state index contributed by atoms with van der Waals surface area (Å²) in [5, 5.41) is 7.00. The van der Waals surface area contributed by atoms with Crippen LogP contribution in [0.4, 0.5) is 0 Å². The molecule has 0 aromatic rings. The zero-order valence-corrected chi connectivity index (χ0v) is 18.1. The van der Waals surface area contributed by atoms with Crippen LogP contribution in [-0.4, -0.2) is 87.4 Å². The first-order valence-electron chi connectivity index (χ1n) is 9.05. The van der Waals surface area contributed by atoms with Crippen molar-refractivity contribution in [3.8, 4) is 0 Å². The van der Waals surface area contributed by atoms with Gasteiger partial charge in [0.1, 0.15) is 0 Å². The third-order valence-electron chi connectivity index (χ3n) is 5.15. The van der Waals surface area contributed by atoms with Crippen molar-refractivity contribution in [1.82, 2.24) is 20.4 Å². The second kappa shape index (κ2) is 10.8. The average molecular weight is 453 g/mol. The van der Waals surface area contributed by atoms with Crippen LogP contribution in [0.15, 0.2) is 4.99 Å². The number of rotatable bonds is 6. The number of guanidine groups is 1. The van der Waals surface area contributed by atoms with Crippen molar-refractivity contribution in [1.29, 1.82) is 0 Å². The minimum Gasteiger partial charge on any atom is -0.379 e. The number of nitrogens with one attached hydrogen (secondary N) is 2. The summed E-state index contributed by atoms with van der Waals surface area (Å²) >= 11 is 0. The summed E-state index contributed by atoms with van der Waals surface area (Å²) in [7, 11) is 1.85. The van der Waals surface area contributed by atoms with E-state index in [1.54, 1.807) is 0 Å². The molecule has 0 amide bonds. The molecular formula is C17H36IN5O. The van der Waals surface area contributed by atoms with Gasteiger partial charge >= 0.3 is 0 Å². The summed E-state index contributed by atoms with van der Waals surface area (Å²) in [5.41, 5.74) is 0.105. The normalized spacial score (nSPS) is 23.8. The Morgan fingerprint density at radius 2 is 1.92 bits per heavy atom. The van der Waals surface area contributed by atoms with E-state index in [4.69, 9.17) is 4.74 Å². The van der Waals surface area contributed by atoms with E-state index in [1.165, 1.54) is 19.5 Å². The van der Waals surface area contributed by atoms with E-state index < -0.39 is 0 Å². The molecule has 2 fully saturated rings. The van der Waals surface area contributed by atoms with Crippen LogP contribution in [0.5, 0.6) is 0 Å².